The molecule has 0 amide bonds. The average Bonchev–Trinajstić information content (AvgIpc) is 2.42. The second-order valence-corrected chi connectivity index (χ2v) is 6.98. The monoisotopic (exact) mass is 376 g/mol. The number of hydrogen-bond donors (Lipinski definition) is 1. The molecule has 0 heterocycles. The average molecular weight is 378 g/mol. The summed E-state index contributed by atoms with van der Waals surface area (Å²) in [5, 5.41) is 0. The van der Waals surface area contributed by atoms with Crippen LogP contribution in [-0.2, 0) is 33.8 Å². The van der Waals surface area contributed by atoms with E-state index in [9.17, 15) is 8.42 Å². The van der Waals surface area contributed by atoms with E-state index in [1.807, 2.05) is 30.3 Å². The Labute approximate surface area is 141 Å². The fourth-order valence-corrected chi connectivity index (χ4v) is 3.39. The van der Waals surface area contributed by atoms with Crippen molar-refractivity contribution in [2.24, 2.45) is 0 Å². The summed E-state index contributed by atoms with van der Waals surface area (Å²) in [6.07, 6.45) is 0. The van der Waals surface area contributed by atoms with Crippen molar-refractivity contribution in [2.45, 2.75) is 19.6 Å². The largest absolute Gasteiger partial charge is 0.296 e. The van der Waals surface area contributed by atoms with Gasteiger partial charge in [0.05, 0.1) is 12.0 Å². The number of benzene rings is 2. The molecule has 2 rings (SSSR count). The van der Waals surface area contributed by atoms with Crippen LogP contribution in [-0.4, -0.2) is 15.5 Å². The minimum Gasteiger partial charge on any atom is -0.270 e. The summed E-state index contributed by atoms with van der Waals surface area (Å²) in [6, 6.07) is 14.4. The topological polar surface area (TPSA) is 43.4 Å². The smallest absolute Gasteiger partial charge is 0.270 e. The molecule has 20 heavy (non-hydrogen) atoms. The Morgan fingerprint density at radius 1 is 1.10 bits per heavy atom. The molecule has 0 fully saturated rings. The fourth-order valence-electron chi connectivity index (χ4n) is 1.44. The molecule has 2 aromatic rings. The van der Waals surface area contributed by atoms with E-state index in [0.29, 0.717) is 0 Å². The molecule has 7 heteroatoms. The summed E-state index contributed by atoms with van der Waals surface area (Å²) in [7, 11) is -2.53. The first kappa shape index (κ1) is 17.7. The van der Waals surface area contributed by atoms with Crippen LogP contribution in [0, 0.1) is 0 Å². The van der Waals surface area contributed by atoms with Crippen LogP contribution in [0.2, 0.25) is 0 Å². The third-order valence-electron chi connectivity index (χ3n) is 2.41. The third kappa shape index (κ3) is 4.33. The molecule has 0 bridgehead atoms. The second kappa shape index (κ2) is 7.62. The first-order valence-corrected chi connectivity index (χ1v) is 8.06. The van der Waals surface area contributed by atoms with Gasteiger partial charge in [0.2, 0.25) is 0 Å². The number of hydrogen-bond acceptors (Lipinski definition) is 5. The second-order valence-electron chi connectivity index (χ2n) is 3.67. The molecule has 0 aliphatic carbocycles. The zero-order chi connectivity index (χ0) is 13.9. The zero-order valence-electron chi connectivity index (χ0n) is 10.8. The quantitative estimate of drug-likeness (QED) is 0.503. The molecule has 2 aromatic carbocycles. The van der Waals surface area contributed by atoms with Gasteiger partial charge in [0, 0.05) is 34.2 Å². The fraction of sp³-hybridized carbons (Fsp3) is 0.0769. The molecule has 0 aliphatic heterocycles. The third-order valence-corrected chi connectivity index (χ3v) is 5.29. The predicted octanol–water partition coefficient (Wildman–Crippen LogP) is 3.46. The molecule has 0 atom stereocenters. The first-order valence-electron chi connectivity index (χ1n) is 5.39. The van der Waals surface area contributed by atoms with Crippen LogP contribution in [0.4, 0.5) is 0 Å². The number of thiol groups is 1. The Kier molecular flexibility index (Phi) is 6.75. The molecule has 0 aliphatic rings. The van der Waals surface area contributed by atoms with Crippen LogP contribution < -0.4 is 0 Å². The van der Waals surface area contributed by atoms with Crippen LogP contribution in [0.5, 0.6) is 0 Å². The van der Waals surface area contributed by atoms with Crippen LogP contribution in [0.15, 0.2) is 68.1 Å². The van der Waals surface area contributed by atoms with Crippen LogP contribution in [0.25, 0.3) is 0 Å². The SMILES string of the molecule is COS(=O)(=O)c1ccc(S)c(Sc2ccccc2)c1.[Zn]. The van der Waals surface area contributed by atoms with Crippen molar-refractivity contribution < 1.29 is 32.1 Å². The summed E-state index contributed by atoms with van der Waals surface area (Å²) in [6.45, 7) is 0. The predicted molar refractivity (Wildman–Crippen MR) is 78.5 cm³/mol. The summed E-state index contributed by atoms with van der Waals surface area (Å²) >= 11 is 5.80. The van der Waals surface area contributed by atoms with Gasteiger partial charge in [0.25, 0.3) is 10.1 Å². The summed E-state index contributed by atoms with van der Waals surface area (Å²) in [5.41, 5.74) is 0. The molecule has 3 nitrogen and oxygen atoms in total. The molecule has 0 radical (unpaired) electrons. The molecular weight excluding hydrogens is 366 g/mol. The van der Waals surface area contributed by atoms with Crippen molar-refractivity contribution in [1.82, 2.24) is 0 Å². The van der Waals surface area contributed by atoms with E-state index >= 15 is 0 Å². The van der Waals surface area contributed by atoms with Gasteiger partial charge in [-0.1, -0.05) is 30.0 Å². The minimum absolute atomic E-state index is 0. The molecule has 0 spiro atoms. The minimum atomic E-state index is -3.68. The van der Waals surface area contributed by atoms with E-state index in [0.717, 1.165) is 21.8 Å². The molecular formula is C13H12O3S3Zn. The van der Waals surface area contributed by atoms with Crippen LogP contribution in [0.1, 0.15) is 0 Å². The molecule has 0 N–H and O–H groups in total. The van der Waals surface area contributed by atoms with Gasteiger partial charge in [0.1, 0.15) is 0 Å². The van der Waals surface area contributed by atoms with Gasteiger partial charge in [-0.15, -0.1) is 12.6 Å². The van der Waals surface area contributed by atoms with Crippen LogP contribution in [0.3, 0.4) is 0 Å². The van der Waals surface area contributed by atoms with Gasteiger partial charge < -0.3 is 0 Å². The molecule has 0 aromatic heterocycles. The van der Waals surface area contributed by atoms with Crippen molar-refractivity contribution in [3.63, 3.8) is 0 Å². The number of rotatable bonds is 4. The van der Waals surface area contributed by atoms with Crippen molar-refractivity contribution in [2.75, 3.05) is 7.11 Å². The zero-order valence-corrected chi connectivity index (χ0v) is 16.3. The molecule has 0 saturated heterocycles. The van der Waals surface area contributed by atoms with E-state index in [4.69, 9.17) is 0 Å². The maximum atomic E-state index is 11.7. The Morgan fingerprint density at radius 2 is 1.75 bits per heavy atom. The van der Waals surface area contributed by atoms with E-state index in [-0.39, 0.29) is 24.4 Å². The molecule has 0 saturated carbocycles. The van der Waals surface area contributed by atoms with Gasteiger partial charge in [0.15, 0.2) is 0 Å². The van der Waals surface area contributed by atoms with Crippen molar-refractivity contribution in [1.29, 1.82) is 0 Å². The Bertz CT molecular complexity index is 673. The Balaban J connectivity index is 0.00000200. The molecule has 102 valence electrons. The summed E-state index contributed by atoms with van der Waals surface area (Å²) < 4.78 is 27.8. The van der Waals surface area contributed by atoms with Gasteiger partial charge in [-0.05, 0) is 30.3 Å². The standard InChI is InChI=1S/C13H12O3S3.Zn/c1-16-19(14,15)11-7-8-12(17)13(9-11)18-10-5-3-2-4-6-10;/h2-9,17H,1H3;. The van der Waals surface area contributed by atoms with Crippen LogP contribution >= 0.6 is 24.4 Å². The maximum absolute atomic E-state index is 11.7. The van der Waals surface area contributed by atoms with E-state index in [2.05, 4.69) is 16.8 Å². The van der Waals surface area contributed by atoms with Gasteiger partial charge >= 0.3 is 0 Å². The summed E-state index contributed by atoms with van der Waals surface area (Å²) in [4.78, 5) is 2.65. The van der Waals surface area contributed by atoms with E-state index in [1.54, 1.807) is 12.1 Å². The van der Waals surface area contributed by atoms with Gasteiger partial charge in [-0.2, -0.15) is 8.42 Å². The summed E-state index contributed by atoms with van der Waals surface area (Å²) in [5.74, 6) is 0. The normalized spacial score (nSPS) is 10.9. The Hall–Kier alpha value is -0.327. The van der Waals surface area contributed by atoms with Crippen molar-refractivity contribution >= 4 is 34.5 Å². The Morgan fingerprint density at radius 3 is 2.35 bits per heavy atom. The first-order chi connectivity index (χ1) is 9.03. The van der Waals surface area contributed by atoms with Crippen molar-refractivity contribution in [3.8, 4) is 0 Å². The van der Waals surface area contributed by atoms with E-state index < -0.39 is 10.1 Å². The van der Waals surface area contributed by atoms with Gasteiger partial charge in [-0.3, -0.25) is 4.18 Å². The van der Waals surface area contributed by atoms with E-state index in [1.165, 1.54) is 17.8 Å². The maximum Gasteiger partial charge on any atom is 0.296 e. The van der Waals surface area contributed by atoms with Crippen molar-refractivity contribution in [3.05, 3.63) is 48.5 Å². The van der Waals surface area contributed by atoms with Gasteiger partial charge in [-0.25, -0.2) is 0 Å². The molecule has 0 unspecified atom stereocenters.